The van der Waals surface area contributed by atoms with E-state index in [-0.39, 0.29) is 0 Å². The number of aryl methyl sites for hydroxylation is 2. The molecule has 0 unspecified atom stereocenters. The fraction of sp³-hybridized carbons (Fsp3) is 0.200. The van der Waals surface area contributed by atoms with Gasteiger partial charge in [0.05, 0.1) is 7.11 Å². The van der Waals surface area contributed by atoms with Crippen LogP contribution in [0.25, 0.3) is 0 Å². The van der Waals surface area contributed by atoms with E-state index in [0.717, 1.165) is 11.3 Å². The second kappa shape index (κ2) is 6.92. The fourth-order valence-corrected chi connectivity index (χ4v) is 4.19. The molecular formula is C15H17NO2S2. The first-order valence-electron chi connectivity index (χ1n) is 6.10. The average Bonchev–Trinajstić information content (AvgIpc) is 2.46. The molecule has 0 saturated carbocycles. The maximum atomic E-state index is 5.22. The first kappa shape index (κ1) is 15.1. The molecule has 20 heavy (non-hydrogen) atoms. The highest BCUT2D eigenvalue weighted by atomic mass is 33.1. The van der Waals surface area contributed by atoms with Crippen LogP contribution < -0.4 is 15.5 Å². The number of benzene rings is 2. The summed E-state index contributed by atoms with van der Waals surface area (Å²) in [5, 5.41) is 0. The Hall–Kier alpha value is -1.30. The predicted octanol–water partition coefficient (Wildman–Crippen LogP) is 4.36. The Balaban J connectivity index is 2.09. The molecule has 106 valence electrons. The lowest BCUT2D eigenvalue weighted by Crippen LogP contribution is -2.01. The number of hydrogen-bond acceptors (Lipinski definition) is 5. The van der Waals surface area contributed by atoms with E-state index >= 15 is 0 Å². The van der Waals surface area contributed by atoms with Crippen molar-refractivity contribution in [1.82, 2.24) is 0 Å². The minimum absolute atomic E-state index is 0.678. The molecule has 0 aliphatic heterocycles. The van der Waals surface area contributed by atoms with Crippen molar-refractivity contribution in [3.05, 3.63) is 47.5 Å². The van der Waals surface area contributed by atoms with Crippen molar-refractivity contribution < 1.29 is 9.57 Å². The molecule has 0 aliphatic carbocycles. The molecule has 0 bridgehead atoms. The number of methoxy groups -OCH3 is 1. The van der Waals surface area contributed by atoms with Gasteiger partial charge in [0, 0.05) is 9.79 Å². The maximum absolute atomic E-state index is 5.22. The SMILES string of the molecule is COc1ccc(SSc2ccc(ON)cc2C)c(C)c1. The zero-order chi connectivity index (χ0) is 14.5. The third-order valence-corrected chi connectivity index (χ3v) is 5.57. The van der Waals surface area contributed by atoms with Crippen LogP contribution in [-0.2, 0) is 0 Å². The molecule has 0 spiro atoms. The van der Waals surface area contributed by atoms with Gasteiger partial charge in [-0.05, 0) is 61.4 Å². The monoisotopic (exact) mass is 307 g/mol. The van der Waals surface area contributed by atoms with Crippen molar-refractivity contribution in [2.45, 2.75) is 23.6 Å². The Kier molecular flexibility index (Phi) is 5.23. The summed E-state index contributed by atoms with van der Waals surface area (Å²) in [5.41, 5.74) is 2.36. The molecule has 0 radical (unpaired) electrons. The molecule has 3 nitrogen and oxygen atoms in total. The van der Waals surface area contributed by atoms with E-state index in [9.17, 15) is 0 Å². The molecule has 0 aliphatic rings. The normalized spacial score (nSPS) is 10.4. The quantitative estimate of drug-likeness (QED) is 0.656. The van der Waals surface area contributed by atoms with Crippen LogP contribution in [0.4, 0.5) is 0 Å². The lowest BCUT2D eigenvalue weighted by molar-refractivity contribution is 0.334. The van der Waals surface area contributed by atoms with E-state index in [1.165, 1.54) is 15.4 Å². The molecule has 2 N–H and O–H groups in total. The number of rotatable bonds is 5. The van der Waals surface area contributed by atoms with Crippen LogP contribution in [0, 0.1) is 13.8 Å². The van der Waals surface area contributed by atoms with Crippen molar-refractivity contribution in [1.29, 1.82) is 0 Å². The van der Waals surface area contributed by atoms with Crippen LogP contribution in [0.5, 0.6) is 11.5 Å². The number of ether oxygens (including phenoxy) is 1. The van der Waals surface area contributed by atoms with Crippen LogP contribution in [0.2, 0.25) is 0 Å². The van der Waals surface area contributed by atoms with Gasteiger partial charge in [-0.3, -0.25) is 0 Å². The minimum atomic E-state index is 0.678. The summed E-state index contributed by atoms with van der Waals surface area (Å²) in [5.74, 6) is 6.72. The highest BCUT2D eigenvalue weighted by molar-refractivity contribution is 8.76. The molecule has 0 atom stereocenters. The maximum Gasteiger partial charge on any atom is 0.147 e. The summed E-state index contributed by atoms with van der Waals surface area (Å²) in [6.07, 6.45) is 0. The summed E-state index contributed by atoms with van der Waals surface area (Å²) >= 11 is 0. The lowest BCUT2D eigenvalue weighted by atomic mass is 10.2. The Labute approximate surface area is 127 Å². The first-order chi connectivity index (χ1) is 9.63. The second-order valence-corrected chi connectivity index (χ2v) is 6.56. The Morgan fingerprint density at radius 2 is 1.35 bits per heavy atom. The van der Waals surface area contributed by atoms with Gasteiger partial charge in [0.1, 0.15) is 11.5 Å². The standard InChI is InChI=1S/C15H17NO2S2/c1-10-8-12(17-3)4-6-14(10)19-20-15-7-5-13(18-16)9-11(15)2/h4-9H,16H2,1-3H3. The molecule has 0 aromatic heterocycles. The van der Waals surface area contributed by atoms with Gasteiger partial charge >= 0.3 is 0 Å². The summed E-state index contributed by atoms with van der Waals surface area (Å²) in [6.45, 7) is 4.13. The zero-order valence-corrected chi connectivity index (χ0v) is 13.3. The van der Waals surface area contributed by atoms with Gasteiger partial charge in [-0.1, -0.05) is 21.6 Å². The van der Waals surface area contributed by atoms with E-state index in [1.807, 2.05) is 37.3 Å². The number of nitrogens with two attached hydrogens (primary N) is 1. The topological polar surface area (TPSA) is 44.5 Å². The second-order valence-electron chi connectivity index (χ2n) is 4.34. The van der Waals surface area contributed by atoms with Crippen LogP contribution in [0.15, 0.2) is 46.2 Å². The van der Waals surface area contributed by atoms with Crippen molar-refractivity contribution >= 4 is 21.6 Å². The lowest BCUT2D eigenvalue weighted by Gasteiger charge is -2.09. The summed E-state index contributed by atoms with van der Waals surface area (Å²) in [7, 11) is 5.14. The van der Waals surface area contributed by atoms with Crippen LogP contribution >= 0.6 is 21.6 Å². The largest absolute Gasteiger partial charge is 0.497 e. The Morgan fingerprint density at radius 3 is 1.80 bits per heavy atom. The van der Waals surface area contributed by atoms with Gasteiger partial charge in [0.25, 0.3) is 0 Å². The summed E-state index contributed by atoms with van der Waals surface area (Å²) in [6, 6.07) is 11.9. The minimum Gasteiger partial charge on any atom is -0.497 e. The van der Waals surface area contributed by atoms with E-state index < -0.39 is 0 Å². The highest BCUT2D eigenvalue weighted by Gasteiger charge is 2.06. The molecule has 5 heteroatoms. The summed E-state index contributed by atoms with van der Waals surface area (Å²) in [4.78, 5) is 7.16. The Morgan fingerprint density at radius 1 is 0.850 bits per heavy atom. The molecule has 2 aromatic rings. The molecule has 2 rings (SSSR count). The third kappa shape index (κ3) is 3.62. The smallest absolute Gasteiger partial charge is 0.147 e. The van der Waals surface area contributed by atoms with E-state index in [4.69, 9.17) is 15.5 Å². The predicted molar refractivity (Wildman–Crippen MR) is 85.4 cm³/mol. The van der Waals surface area contributed by atoms with Gasteiger partial charge in [-0.15, -0.1) is 0 Å². The average molecular weight is 307 g/mol. The van der Waals surface area contributed by atoms with Gasteiger partial charge in [-0.2, -0.15) is 5.90 Å². The molecule has 0 fully saturated rings. The van der Waals surface area contributed by atoms with Crippen molar-refractivity contribution in [3.8, 4) is 11.5 Å². The fourth-order valence-electron chi connectivity index (χ4n) is 1.72. The van der Waals surface area contributed by atoms with Gasteiger partial charge in [0.15, 0.2) is 0 Å². The van der Waals surface area contributed by atoms with Crippen molar-refractivity contribution in [2.24, 2.45) is 5.90 Å². The van der Waals surface area contributed by atoms with Crippen molar-refractivity contribution in [2.75, 3.05) is 7.11 Å². The molecular weight excluding hydrogens is 290 g/mol. The van der Waals surface area contributed by atoms with Crippen LogP contribution in [-0.4, -0.2) is 7.11 Å². The number of hydrogen-bond donors (Lipinski definition) is 1. The highest BCUT2D eigenvalue weighted by Crippen LogP contribution is 2.41. The van der Waals surface area contributed by atoms with E-state index in [0.29, 0.717) is 5.75 Å². The summed E-state index contributed by atoms with van der Waals surface area (Å²) < 4.78 is 5.22. The van der Waals surface area contributed by atoms with Crippen LogP contribution in [0.1, 0.15) is 11.1 Å². The molecule has 0 saturated heterocycles. The van der Waals surface area contributed by atoms with Gasteiger partial charge < -0.3 is 9.57 Å². The molecule has 0 amide bonds. The van der Waals surface area contributed by atoms with E-state index in [1.54, 1.807) is 28.7 Å². The third-order valence-electron chi connectivity index (χ3n) is 2.89. The zero-order valence-electron chi connectivity index (χ0n) is 11.7. The van der Waals surface area contributed by atoms with Crippen LogP contribution in [0.3, 0.4) is 0 Å². The van der Waals surface area contributed by atoms with Gasteiger partial charge in [-0.25, -0.2) is 0 Å². The van der Waals surface area contributed by atoms with E-state index in [2.05, 4.69) is 13.0 Å². The Bertz CT molecular complexity index is 549. The first-order valence-corrected chi connectivity index (χ1v) is 8.25. The van der Waals surface area contributed by atoms with Gasteiger partial charge in [0.2, 0.25) is 0 Å². The van der Waals surface area contributed by atoms with Crippen molar-refractivity contribution in [3.63, 3.8) is 0 Å². The molecule has 0 heterocycles. The molecule has 2 aromatic carbocycles.